The number of hydrogen-bond donors (Lipinski definition) is 1. The molecule has 4 aromatic rings. The number of fused-ring (bicyclic) bond motifs is 2. The number of nitrogens with one attached hydrogen (secondary N) is 1. The highest BCUT2D eigenvalue weighted by Gasteiger charge is 2.31. The van der Waals surface area contributed by atoms with E-state index in [4.69, 9.17) is 14.7 Å². The number of carbonyl (C=O) groups is 1. The summed E-state index contributed by atoms with van der Waals surface area (Å²) >= 11 is 0. The fourth-order valence-electron chi connectivity index (χ4n) is 5.84. The van der Waals surface area contributed by atoms with Gasteiger partial charge in [-0.3, -0.25) is 9.67 Å². The molecule has 2 aliphatic rings. The molecule has 1 fully saturated rings. The lowest BCUT2D eigenvalue weighted by atomic mass is 9.96. The molecule has 192 valence electrons. The van der Waals surface area contributed by atoms with Gasteiger partial charge >= 0.3 is 6.03 Å². The van der Waals surface area contributed by atoms with Crippen LogP contribution in [0.15, 0.2) is 30.6 Å². The number of amides is 2. The van der Waals surface area contributed by atoms with Crippen LogP contribution in [-0.4, -0.2) is 62.1 Å². The van der Waals surface area contributed by atoms with Gasteiger partial charge in [-0.2, -0.15) is 5.10 Å². The Balaban J connectivity index is 1.51. The summed E-state index contributed by atoms with van der Waals surface area (Å²) in [7, 11) is 3.61. The Morgan fingerprint density at radius 1 is 1.16 bits per heavy atom. The number of ether oxygens (including phenoxy) is 1. The van der Waals surface area contributed by atoms with E-state index in [0.29, 0.717) is 19.0 Å². The highest BCUT2D eigenvalue weighted by Crippen LogP contribution is 2.39. The van der Waals surface area contributed by atoms with Gasteiger partial charge in [0.2, 0.25) is 0 Å². The molecule has 0 radical (unpaired) electrons. The van der Waals surface area contributed by atoms with Crippen molar-refractivity contribution >= 4 is 16.8 Å². The highest BCUT2D eigenvalue weighted by atomic mass is 16.5. The molecule has 37 heavy (non-hydrogen) atoms. The quantitative estimate of drug-likeness (QED) is 0.457. The predicted octanol–water partition coefficient (Wildman–Crippen LogP) is 4.16. The molecule has 1 N–H and O–H groups in total. The van der Waals surface area contributed by atoms with Gasteiger partial charge in [0.05, 0.1) is 29.3 Å². The second-order valence-electron chi connectivity index (χ2n) is 10.1. The second-order valence-corrected chi connectivity index (χ2v) is 10.1. The Morgan fingerprint density at radius 2 is 1.97 bits per heavy atom. The molecule has 1 saturated heterocycles. The van der Waals surface area contributed by atoms with E-state index in [0.717, 1.165) is 88.7 Å². The lowest BCUT2D eigenvalue weighted by molar-refractivity contribution is 0.0823. The van der Waals surface area contributed by atoms with E-state index in [9.17, 15) is 4.79 Å². The zero-order chi connectivity index (χ0) is 25.7. The first kappa shape index (κ1) is 23.7. The molecule has 0 aliphatic carbocycles. The summed E-state index contributed by atoms with van der Waals surface area (Å²) in [6.07, 6.45) is 5.93. The van der Waals surface area contributed by atoms with Gasteiger partial charge in [0.15, 0.2) is 0 Å². The summed E-state index contributed by atoms with van der Waals surface area (Å²) in [6, 6.07) is 6.40. The van der Waals surface area contributed by atoms with Crippen molar-refractivity contribution in [1.82, 2.24) is 34.5 Å². The third kappa shape index (κ3) is 4.07. The number of pyridine rings is 1. The van der Waals surface area contributed by atoms with Gasteiger partial charge in [-0.1, -0.05) is 12.1 Å². The zero-order valence-corrected chi connectivity index (χ0v) is 21.9. The fraction of sp³-hybridized carbons (Fsp3) is 0.429. The maximum absolute atomic E-state index is 12.6. The standard InChI is InChI=1S/C28H33N7O2/c1-17-5-6-20-13-23(22-15-33(4)32-18(22)2)30-14-21(20)25(17)26-24-16-34(28(36)29-3)9-10-35(24)27(31-26)19-7-11-37-12-8-19/h5-6,13-15,19H,7-12,16H2,1-4H3,(H,29,36). The van der Waals surface area contributed by atoms with E-state index in [1.54, 1.807) is 7.05 Å². The number of aromatic nitrogens is 5. The molecular weight excluding hydrogens is 466 g/mol. The van der Waals surface area contributed by atoms with E-state index >= 15 is 0 Å². The third-order valence-corrected chi connectivity index (χ3v) is 7.76. The molecule has 0 bridgehead atoms. The number of aryl methyl sites for hydroxylation is 3. The van der Waals surface area contributed by atoms with Crippen LogP contribution in [0.3, 0.4) is 0 Å². The summed E-state index contributed by atoms with van der Waals surface area (Å²) < 4.78 is 9.83. The second kappa shape index (κ2) is 9.30. The van der Waals surface area contributed by atoms with Gasteiger partial charge in [0, 0.05) is 75.2 Å². The van der Waals surface area contributed by atoms with E-state index in [-0.39, 0.29) is 6.03 Å². The van der Waals surface area contributed by atoms with Crippen LogP contribution in [-0.2, 0) is 24.9 Å². The number of rotatable bonds is 3. The largest absolute Gasteiger partial charge is 0.381 e. The van der Waals surface area contributed by atoms with Crippen molar-refractivity contribution in [2.45, 2.75) is 45.7 Å². The number of nitrogens with zero attached hydrogens (tertiary/aromatic N) is 6. The van der Waals surface area contributed by atoms with Crippen LogP contribution in [0.2, 0.25) is 0 Å². The van der Waals surface area contributed by atoms with E-state index < -0.39 is 0 Å². The summed E-state index contributed by atoms with van der Waals surface area (Å²) in [5.74, 6) is 1.48. The van der Waals surface area contributed by atoms with Crippen LogP contribution in [0.5, 0.6) is 0 Å². The molecule has 5 heterocycles. The van der Waals surface area contributed by atoms with Gasteiger partial charge in [0.1, 0.15) is 5.82 Å². The molecule has 0 atom stereocenters. The first-order chi connectivity index (χ1) is 17.9. The number of urea groups is 1. The lowest BCUT2D eigenvalue weighted by Gasteiger charge is -2.31. The Hall–Kier alpha value is -3.72. The monoisotopic (exact) mass is 499 g/mol. The molecule has 2 amide bonds. The van der Waals surface area contributed by atoms with Crippen molar-refractivity contribution in [2.24, 2.45) is 7.05 Å². The van der Waals surface area contributed by atoms with Crippen molar-refractivity contribution in [2.75, 3.05) is 26.8 Å². The molecule has 9 heteroatoms. The minimum Gasteiger partial charge on any atom is -0.381 e. The van der Waals surface area contributed by atoms with Gasteiger partial charge in [-0.15, -0.1) is 0 Å². The minimum absolute atomic E-state index is 0.0567. The van der Waals surface area contributed by atoms with Gasteiger partial charge in [0.25, 0.3) is 0 Å². The average molecular weight is 500 g/mol. The van der Waals surface area contributed by atoms with Crippen LogP contribution in [0.1, 0.15) is 41.5 Å². The maximum Gasteiger partial charge on any atom is 0.317 e. The minimum atomic E-state index is -0.0567. The van der Waals surface area contributed by atoms with E-state index in [1.807, 2.05) is 35.9 Å². The molecule has 0 saturated carbocycles. The summed E-state index contributed by atoms with van der Waals surface area (Å²) in [5.41, 5.74) is 7.21. The van der Waals surface area contributed by atoms with Gasteiger partial charge in [-0.05, 0) is 43.7 Å². The van der Waals surface area contributed by atoms with Crippen LogP contribution < -0.4 is 5.32 Å². The van der Waals surface area contributed by atoms with Crippen LogP contribution in [0.4, 0.5) is 4.79 Å². The van der Waals surface area contributed by atoms with Crippen LogP contribution in [0.25, 0.3) is 33.3 Å². The number of imidazole rings is 1. The average Bonchev–Trinajstić information content (AvgIpc) is 3.47. The Bertz CT molecular complexity index is 1500. The molecule has 6 rings (SSSR count). The summed E-state index contributed by atoms with van der Waals surface area (Å²) in [4.78, 5) is 24.6. The smallest absolute Gasteiger partial charge is 0.317 e. The predicted molar refractivity (Wildman–Crippen MR) is 142 cm³/mol. The topological polar surface area (TPSA) is 90.1 Å². The number of carbonyl (C=O) groups excluding carboxylic acids is 1. The lowest BCUT2D eigenvalue weighted by Crippen LogP contribution is -2.43. The summed E-state index contributed by atoms with van der Waals surface area (Å²) in [6.45, 7) is 7.61. The first-order valence-corrected chi connectivity index (χ1v) is 13.0. The van der Waals surface area contributed by atoms with Crippen molar-refractivity contribution in [1.29, 1.82) is 0 Å². The van der Waals surface area contributed by atoms with Crippen molar-refractivity contribution in [3.05, 3.63) is 53.4 Å². The third-order valence-electron chi connectivity index (χ3n) is 7.76. The normalized spacial score (nSPS) is 16.3. The van der Waals surface area contributed by atoms with E-state index in [1.165, 1.54) is 0 Å². The number of benzene rings is 1. The maximum atomic E-state index is 12.6. The molecule has 0 unspecified atom stereocenters. The van der Waals surface area contributed by atoms with Crippen molar-refractivity contribution < 1.29 is 9.53 Å². The Morgan fingerprint density at radius 3 is 2.70 bits per heavy atom. The molecule has 0 spiro atoms. The van der Waals surface area contributed by atoms with E-state index in [2.05, 4.69) is 40.1 Å². The van der Waals surface area contributed by atoms with Crippen molar-refractivity contribution in [3.8, 4) is 22.5 Å². The first-order valence-electron chi connectivity index (χ1n) is 13.0. The van der Waals surface area contributed by atoms with Gasteiger partial charge < -0.3 is 19.5 Å². The molecule has 1 aromatic carbocycles. The van der Waals surface area contributed by atoms with Crippen LogP contribution >= 0.6 is 0 Å². The Kier molecular flexibility index (Phi) is 5.95. The summed E-state index contributed by atoms with van der Waals surface area (Å²) in [5, 5.41) is 9.46. The number of hydrogen-bond acceptors (Lipinski definition) is 5. The fourth-order valence-corrected chi connectivity index (χ4v) is 5.84. The zero-order valence-electron chi connectivity index (χ0n) is 21.9. The highest BCUT2D eigenvalue weighted by molar-refractivity contribution is 5.99. The van der Waals surface area contributed by atoms with Gasteiger partial charge in [-0.25, -0.2) is 9.78 Å². The molecule has 2 aliphatic heterocycles. The SMILES string of the molecule is CNC(=O)N1CCn2c(C3CCOCC3)nc(-c3c(C)ccc4cc(-c5cn(C)nc5C)ncc34)c2C1. The molecule has 9 nitrogen and oxygen atoms in total. The van der Waals surface area contributed by atoms with Crippen LogP contribution in [0, 0.1) is 13.8 Å². The molecular formula is C28H33N7O2. The Labute approximate surface area is 216 Å². The molecule has 3 aromatic heterocycles. The van der Waals surface area contributed by atoms with Crippen molar-refractivity contribution in [3.63, 3.8) is 0 Å².